The highest BCUT2D eigenvalue weighted by Crippen LogP contribution is 2.32. The number of hydrogen-bond acceptors (Lipinski definition) is 6. The maximum atomic E-state index is 10.9. The van der Waals surface area contributed by atoms with E-state index in [9.17, 15) is 10.1 Å². The van der Waals surface area contributed by atoms with Gasteiger partial charge in [0.25, 0.3) is 5.69 Å². The Kier molecular flexibility index (Phi) is 4.57. The first-order valence-corrected chi connectivity index (χ1v) is 9.48. The predicted octanol–water partition coefficient (Wildman–Crippen LogP) is 3.84. The van der Waals surface area contributed by atoms with Crippen molar-refractivity contribution in [3.05, 3.63) is 63.7 Å². The van der Waals surface area contributed by atoms with E-state index in [1.54, 1.807) is 12.1 Å². The summed E-state index contributed by atoms with van der Waals surface area (Å²) in [6.45, 7) is 6.97. The second-order valence-electron chi connectivity index (χ2n) is 6.60. The van der Waals surface area contributed by atoms with Crippen LogP contribution in [0.25, 0.3) is 10.2 Å². The maximum Gasteiger partial charge on any atom is 0.270 e. The molecular formula is C19H20N4O2S. The minimum atomic E-state index is -0.358. The van der Waals surface area contributed by atoms with Gasteiger partial charge in [-0.3, -0.25) is 15.0 Å². The Labute approximate surface area is 155 Å². The number of non-ortho nitro benzene ring substituents is 1. The van der Waals surface area contributed by atoms with Crippen LogP contribution in [0.2, 0.25) is 0 Å². The normalized spacial score (nSPS) is 15.5. The molecule has 0 atom stereocenters. The van der Waals surface area contributed by atoms with Gasteiger partial charge in [0.15, 0.2) is 5.13 Å². The van der Waals surface area contributed by atoms with Crippen LogP contribution in [0.5, 0.6) is 0 Å². The molecule has 3 aromatic rings. The lowest BCUT2D eigenvalue weighted by Crippen LogP contribution is -2.46. The smallest absolute Gasteiger partial charge is 0.270 e. The number of aryl methyl sites for hydroxylation is 1. The van der Waals surface area contributed by atoms with E-state index in [0.29, 0.717) is 0 Å². The molecule has 1 saturated heterocycles. The molecule has 1 fully saturated rings. The Morgan fingerprint density at radius 2 is 1.92 bits per heavy atom. The van der Waals surface area contributed by atoms with Crippen LogP contribution in [0.3, 0.4) is 0 Å². The minimum Gasteiger partial charge on any atom is -0.345 e. The molecule has 7 heteroatoms. The van der Waals surface area contributed by atoms with E-state index in [2.05, 4.69) is 46.0 Å². The Morgan fingerprint density at radius 3 is 2.65 bits per heavy atom. The van der Waals surface area contributed by atoms with Crippen LogP contribution in [-0.2, 0) is 6.54 Å². The van der Waals surface area contributed by atoms with Gasteiger partial charge in [-0.25, -0.2) is 4.98 Å². The number of nitrogens with zero attached hydrogens (tertiary/aromatic N) is 4. The summed E-state index contributed by atoms with van der Waals surface area (Å²) in [7, 11) is 0. The van der Waals surface area contributed by atoms with Crippen LogP contribution < -0.4 is 4.90 Å². The molecule has 26 heavy (non-hydrogen) atoms. The van der Waals surface area contributed by atoms with Gasteiger partial charge >= 0.3 is 0 Å². The van der Waals surface area contributed by atoms with Crippen molar-refractivity contribution in [1.82, 2.24) is 9.88 Å². The summed E-state index contributed by atoms with van der Waals surface area (Å²) in [5, 5.41) is 11.9. The van der Waals surface area contributed by atoms with Crippen LogP contribution in [0.4, 0.5) is 10.8 Å². The number of anilines is 1. The fraction of sp³-hybridized carbons (Fsp3) is 0.316. The molecular weight excluding hydrogens is 348 g/mol. The van der Waals surface area contributed by atoms with Gasteiger partial charge in [-0.1, -0.05) is 35.6 Å². The van der Waals surface area contributed by atoms with E-state index in [4.69, 9.17) is 0 Å². The molecule has 0 spiro atoms. The number of fused-ring (bicyclic) bond motifs is 1. The van der Waals surface area contributed by atoms with Crippen molar-refractivity contribution < 1.29 is 4.92 Å². The third kappa shape index (κ3) is 3.40. The first-order chi connectivity index (χ1) is 12.6. The number of benzene rings is 2. The Morgan fingerprint density at radius 1 is 1.15 bits per heavy atom. The zero-order valence-electron chi connectivity index (χ0n) is 14.6. The summed E-state index contributed by atoms with van der Waals surface area (Å²) < 4.78 is 0.872. The number of nitro benzene ring substituents is 1. The van der Waals surface area contributed by atoms with Gasteiger partial charge in [0.2, 0.25) is 0 Å². The van der Waals surface area contributed by atoms with E-state index in [0.717, 1.165) is 48.1 Å². The molecule has 6 nitrogen and oxygen atoms in total. The molecule has 0 aliphatic carbocycles. The molecule has 2 heterocycles. The highest BCUT2D eigenvalue weighted by Gasteiger charge is 2.21. The number of hydrogen-bond donors (Lipinski definition) is 0. The lowest BCUT2D eigenvalue weighted by molar-refractivity contribution is -0.384. The third-order valence-electron chi connectivity index (χ3n) is 4.87. The van der Waals surface area contributed by atoms with E-state index in [1.807, 2.05) is 0 Å². The third-order valence-corrected chi connectivity index (χ3v) is 5.95. The van der Waals surface area contributed by atoms with Crippen LogP contribution >= 0.6 is 11.3 Å². The number of nitro groups is 1. The second-order valence-corrected chi connectivity index (χ2v) is 7.60. The van der Waals surface area contributed by atoms with Crippen LogP contribution in [0.1, 0.15) is 11.1 Å². The molecule has 0 amide bonds. The molecule has 0 saturated carbocycles. The highest BCUT2D eigenvalue weighted by atomic mass is 32.1. The molecule has 0 unspecified atom stereocenters. The van der Waals surface area contributed by atoms with Gasteiger partial charge < -0.3 is 4.90 Å². The SMILES string of the molecule is Cc1ccccc1CN1CCN(c2nc3ccc([N+](=O)[O-])cc3s2)CC1. The van der Waals surface area contributed by atoms with Crippen molar-refractivity contribution in [3.63, 3.8) is 0 Å². The molecule has 0 radical (unpaired) electrons. The van der Waals surface area contributed by atoms with Crippen molar-refractivity contribution in [3.8, 4) is 0 Å². The summed E-state index contributed by atoms with van der Waals surface area (Å²) in [5.41, 5.74) is 3.67. The van der Waals surface area contributed by atoms with Gasteiger partial charge in [-0.2, -0.15) is 0 Å². The molecule has 1 aromatic heterocycles. The van der Waals surface area contributed by atoms with Gasteiger partial charge in [0, 0.05) is 44.9 Å². The number of aromatic nitrogens is 1. The average molecular weight is 368 g/mol. The Balaban J connectivity index is 1.44. The van der Waals surface area contributed by atoms with Crippen molar-refractivity contribution in [2.75, 3.05) is 31.1 Å². The van der Waals surface area contributed by atoms with Crippen LogP contribution in [0, 0.1) is 17.0 Å². The van der Waals surface area contributed by atoms with Crippen LogP contribution in [0.15, 0.2) is 42.5 Å². The van der Waals surface area contributed by atoms with Crippen molar-refractivity contribution >= 4 is 32.4 Å². The monoisotopic (exact) mass is 368 g/mol. The Hall–Kier alpha value is -2.51. The summed E-state index contributed by atoms with van der Waals surface area (Å²) in [4.78, 5) is 20.0. The van der Waals surface area contributed by atoms with E-state index in [-0.39, 0.29) is 10.6 Å². The van der Waals surface area contributed by atoms with Crippen molar-refractivity contribution in [2.45, 2.75) is 13.5 Å². The molecule has 0 bridgehead atoms. The fourth-order valence-electron chi connectivity index (χ4n) is 3.28. The van der Waals surface area contributed by atoms with E-state index < -0.39 is 0 Å². The predicted molar refractivity (Wildman–Crippen MR) is 105 cm³/mol. The number of piperazine rings is 1. The second kappa shape index (κ2) is 7.01. The lowest BCUT2D eigenvalue weighted by atomic mass is 10.1. The van der Waals surface area contributed by atoms with Crippen LogP contribution in [-0.4, -0.2) is 41.0 Å². The van der Waals surface area contributed by atoms with E-state index >= 15 is 0 Å². The topological polar surface area (TPSA) is 62.5 Å². The van der Waals surface area contributed by atoms with Gasteiger partial charge in [-0.15, -0.1) is 0 Å². The molecule has 1 aliphatic rings. The maximum absolute atomic E-state index is 10.9. The summed E-state index contributed by atoms with van der Waals surface area (Å²) in [5.74, 6) is 0. The molecule has 4 rings (SSSR count). The zero-order chi connectivity index (χ0) is 18.1. The highest BCUT2D eigenvalue weighted by molar-refractivity contribution is 7.22. The fourth-order valence-corrected chi connectivity index (χ4v) is 4.33. The first-order valence-electron chi connectivity index (χ1n) is 8.67. The largest absolute Gasteiger partial charge is 0.345 e. The summed E-state index contributed by atoms with van der Waals surface area (Å²) in [6.07, 6.45) is 0. The summed E-state index contributed by atoms with van der Waals surface area (Å²) >= 11 is 1.53. The summed E-state index contributed by atoms with van der Waals surface area (Å²) in [6, 6.07) is 13.4. The van der Waals surface area contributed by atoms with Gasteiger partial charge in [-0.05, 0) is 24.1 Å². The zero-order valence-corrected chi connectivity index (χ0v) is 15.4. The van der Waals surface area contributed by atoms with Gasteiger partial charge in [0.05, 0.1) is 15.1 Å². The quantitative estimate of drug-likeness (QED) is 0.517. The molecule has 2 aromatic carbocycles. The minimum absolute atomic E-state index is 0.121. The van der Waals surface area contributed by atoms with Crippen molar-refractivity contribution in [2.24, 2.45) is 0 Å². The van der Waals surface area contributed by atoms with E-state index in [1.165, 1.54) is 28.5 Å². The molecule has 0 N–H and O–H groups in total. The first kappa shape index (κ1) is 16.9. The van der Waals surface area contributed by atoms with Crippen molar-refractivity contribution in [1.29, 1.82) is 0 Å². The number of rotatable bonds is 4. The van der Waals surface area contributed by atoms with Gasteiger partial charge in [0.1, 0.15) is 0 Å². The molecule has 1 aliphatic heterocycles. The lowest BCUT2D eigenvalue weighted by Gasteiger charge is -2.34. The number of thiazole rings is 1. The Bertz CT molecular complexity index is 948. The molecule has 134 valence electrons. The standard InChI is InChI=1S/C19H20N4O2S/c1-14-4-2-3-5-15(14)13-21-8-10-22(11-9-21)19-20-17-7-6-16(23(24)25)12-18(17)26-19/h2-7,12H,8-11,13H2,1H3. The average Bonchev–Trinajstić information content (AvgIpc) is 3.07.